The van der Waals surface area contributed by atoms with Crippen LogP contribution in [-0.2, 0) is 4.79 Å². The summed E-state index contributed by atoms with van der Waals surface area (Å²) < 4.78 is 0. The van der Waals surface area contributed by atoms with Crippen molar-refractivity contribution < 1.29 is 9.69 Å². The molecule has 3 nitrogen and oxygen atoms in total. The lowest BCUT2D eigenvalue weighted by molar-refractivity contribution is -0.871. The Balaban J connectivity index is 2.60. The second kappa shape index (κ2) is 3.54. The number of quaternary nitrogens is 1. The number of amides is 1. The highest BCUT2D eigenvalue weighted by Crippen LogP contribution is 2.01. The normalized spacial score (nSPS) is 17.5. The van der Waals surface area contributed by atoms with Crippen LogP contribution in [0.4, 0.5) is 0 Å². The maximum Gasteiger partial charge on any atom is 0.227 e. The SMILES string of the molecule is CC(=O)N1C=CC([NH+](C)C)C=C1. The molecule has 0 aromatic rings. The molecule has 0 spiro atoms. The maximum atomic E-state index is 10.9. The van der Waals surface area contributed by atoms with Crippen LogP contribution >= 0.6 is 0 Å². The van der Waals surface area contributed by atoms with Crippen molar-refractivity contribution in [3.05, 3.63) is 24.6 Å². The van der Waals surface area contributed by atoms with Gasteiger partial charge in [-0.05, 0) is 12.2 Å². The van der Waals surface area contributed by atoms with E-state index >= 15 is 0 Å². The molecule has 0 aromatic carbocycles. The molecule has 3 heteroatoms. The van der Waals surface area contributed by atoms with E-state index in [1.165, 1.54) is 4.90 Å². The molecule has 66 valence electrons. The topological polar surface area (TPSA) is 24.8 Å². The Hall–Kier alpha value is -1.09. The van der Waals surface area contributed by atoms with Gasteiger partial charge in [0.25, 0.3) is 0 Å². The fraction of sp³-hybridized carbons (Fsp3) is 0.444. The van der Waals surface area contributed by atoms with E-state index < -0.39 is 0 Å². The molecule has 1 aliphatic heterocycles. The third-order valence-electron chi connectivity index (χ3n) is 1.94. The van der Waals surface area contributed by atoms with Crippen LogP contribution < -0.4 is 4.90 Å². The van der Waals surface area contributed by atoms with Crippen LogP contribution in [-0.4, -0.2) is 30.9 Å². The van der Waals surface area contributed by atoms with Gasteiger partial charge in [0.15, 0.2) is 0 Å². The minimum atomic E-state index is 0.0507. The Kier molecular flexibility index (Phi) is 2.65. The molecule has 0 aromatic heterocycles. The summed E-state index contributed by atoms with van der Waals surface area (Å²) in [5, 5.41) is 0. The molecule has 1 N–H and O–H groups in total. The molecule has 1 aliphatic rings. The van der Waals surface area contributed by atoms with Gasteiger partial charge in [0.2, 0.25) is 5.91 Å². The average Bonchev–Trinajstić information content (AvgIpc) is 2.04. The van der Waals surface area contributed by atoms with Crippen LogP contribution in [0.1, 0.15) is 6.92 Å². The minimum Gasteiger partial charge on any atom is -0.331 e. The van der Waals surface area contributed by atoms with Crippen molar-refractivity contribution in [1.82, 2.24) is 4.90 Å². The van der Waals surface area contributed by atoms with Crippen molar-refractivity contribution in [1.29, 1.82) is 0 Å². The zero-order valence-corrected chi connectivity index (χ0v) is 7.74. The van der Waals surface area contributed by atoms with Gasteiger partial charge in [-0.25, -0.2) is 0 Å². The van der Waals surface area contributed by atoms with Gasteiger partial charge in [-0.1, -0.05) is 0 Å². The largest absolute Gasteiger partial charge is 0.331 e. The molecule has 0 bridgehead atoms. The Morgan fingerprint density at radius 1 is 1.33 bits per heavy atom. The van der Waals surface area contributed by atoms with Crippen molar-refractivity contribution in [2.24, 2.45) is 0 Å². The van der Waals surface area contributed by atoms with Crippen molar-refractivity contribution in [3.63, 3.8) is 0 Å². The van der Waals surface area contributed by atoms with Crippen LogP contribution in [0.5, 0.6) is 0 Å². The number of nitrogens with zero attached hydrogens (tertiary/aromatic N) is 1. The standard InChI is InChI=1S/C9H14N2O/c1-8(12)11-6-4-9(5-7-11)10(2)3/h4-7,9H,1-3H3/p+1. The van der Waals surface area contributed by atoms with Crippen molar-refractivity contribution in [2.45, 2.75) is 13.0 Å². The highest BCUT2D eigenvalue weighted by atomic mass is 16.2. The average molecular weight is 167 g/mol. The van der Waals surface area contributed by atoms with Gasteiger partial charge >= 0.3 is 0 Å². The third kappa shape index (κ3) is 1.95. The summed E-state index contributed by atoms with van der Waals surface area (Å²) in [5.41, 5.74) is 0. The summed E-state index contributed by atoms with van der Waals surface area (Å²) in [6.45, 7) is 1.55. The predicted octanol–water partition coefficient (Wildman–Crippen LogP) is -0.611. The molecule has 0 atom stereocenters. The van der Waals surface area contributed by atoms with E-state index in [0.29, 0.717) is 6.04 Å². The fourth-order valence-corrected chi connectivity index (χ4v) is 1.08. The second-order valence-electron chi connectivity index (χ2n) is 3.21. The van der Waals surface area contributed by atoms with E-state index in [2.05, 4.69) is 14.1 Å². The van der Waals surface area contributed by atoms with E-state index in [1.807, 2.05) is 24.6 Å². The summed E-state index contributed by atoms with van der Waals surface area (Å²) in [6.07, 6.45) is 7.69. The Bertz CT molecular complexity index is 217. The van der Waals surface area contributed by atoms with Crippen molar-refractivity contribution in [3.8, 4) is 0 Å². The van der Waals surface area contributed by atoms with Crippen LogP contribution in [0.25, 0.3) is 0 Å². The van der Waals surface area contributed by atoms with Gasteiger partial charge in [0.1, 0.15) is 6.04 Å². The first-order chi connectivity index (χ1) is 5.61. The molecule has 0 fully saturated rings. The lowest BCUT2D eigenvalue weighted by Gasteiger charge is -2.21. The van der Waals surface area contributed by atoms with Gasteiger partial charge in [0, 0.05) is 19.3 Å². The first kappa shape index (κ1) is 9.00. The highest BCUT2D eigenvalue weighted by molar-refractivity contribution is 5.75. The Morgan fingerprint density at radius 3 is 2.17 bits per heavy atom. The number of hydrogen-bond donors (Lipinski definition) is 1. The van der Waals surface area contributed by atoms with Crippen LogP contribution in [0, 0.1) is 0 Å². The number of carbonyl (C=O) groups is 1. The molecule has 1 rings (SSSR count). The minimum absolute atomic E-state index is 0.0507. The lowest BCUT2D eigenvalue weighted by atomic mass is 10.2. The van der Waals surface area contributed by atoms with Gasteiger partial charge in [-0.15, -0.1) is 0 Å². The molecule has 0 unspecified atom stereocenters. The lowest BCUT2D eigenvalue weighted by Crippen LogP contribution is -3.09. The third-order valence-corrected chi connectivity index (χ3v) is 1.94. The van der Waals surface area contributed by atoms with Gasteiger partial charge in [-0.3, -0.25) is 9.69 Å². The second-order valence-corrected chi connectivity index (χ2v) is 3.21. The summed E-state index contributed by atoms with van der Waals surface area (Å²) >= 11 is 0. The van der Waals surface area contributed by atoms with Crippen LogP contribution in [0.15, 0.2) is 24.6 Å². The molecule has 0 aliphatic carbocycles. The number of likely N-dealkylation sites (N-methyl/N-ethyl adjacent to an activating group) is 1. The summed E-state index contributed by atoms with van der Waals surface area (Å²) in [5.74, 6) is 0.0507. The predicted molar refractivity (Wildman–Crippen MR) is 47.4 cm³/mol. The molecule has 1 amide bonds. The highest BCUT2D eigenvalue weighted by Gasteiger charge is 2.12. The Morgan fingerprint density at radius 2 is 1.83 bits per heavy atom. The van der Waals surface area contributed by atoms with E-state index in [-0.39, 0.29) is 5.91 Å². The summed E-state index contributed by atoms with van der Waals surface area (Å²) in [6, 6.07) is 0.389. The Labute approximate surface area is 73.0 Å². The quantitative estimate of drug-likeness (QED) is 0.553. The number of rotatable bonds is 1. The van der Waals surface area contributed by atoms with Crippen LogP contribution in [0.2, 0.25) is 0 Å². The van der Waals surface area contributed by atoms with Gasteiger partial charge in [-0.2, -0.15) is 0 Å². The maximum absolute atomic E-state index is 10.9. The molecule has 12 heavy (non-hydrogen) atoms. The number of carbonyl (C=O) groups excluding carboxylic acids is 1. The summed E-state index contributed by atoms with van der Waals surface area (Å²) in [4.78, 5) is 13.8. The molecule has 0 radical (unpaired) electrons. The van der Waals surface area contributed by atoms with E-state index in [1.54, 1.807) is 11.8 Å². The fourth-order valence-electron chi connectivity index (χ4n) is 1.08. The van der Waals surface area contributed by atoms with Crippen LogP contribution in [0.3, 0.4) is 0 Å². The van der Waals surface area contributed by atoms with Crippen molar-refractivity contribution in [2.75, 3.05) is 14.1 Å². The zero-order chi connectivity index (χ0) is 9.14. The van der Waals surface area contributed by atoms with Gasteiger partial charge in [0.05, 0.1) is 14.1 Å². The number of nitrogens with one attached hydrogen (secondary N) is 1. The monoisotopic (exact) mass is 167 g/mol. The summed E-state index contributed by atoms with van der Waals surface area (Å²) in [7, 11) is 4.17. The zero-order valence-electron chi connectivity index (χ0n) is 7.74. The number of hydrogen-bond acceptors (Lipinski definition) is 1. The van der Waals surface area contributed by atoms with E-state index in [4.69, 9.17) is 0 Å². The smallest absolute Gasteiger partial charge is 0.227 e. The molecular formula is C9H15N2O+. The molecule has 0 saturated heterocycles. The molecule has 0 saturated carbocycles. The first-order valence-electron chi connectivity index (χ1n) is 4.07. The molecule has 1 heterocycles. The van der Waals surface area contributed by atoms with E-state index in [0.717, 1.165) is 0 Å². The van der Waals surface area contributed by atoms with E-state index in [9.17, 15) is 4.79 Å². The van der Waals surface area contributed by atoms with Crippen molar-refractivity contribution >= 4 is 5.91 Å². The molecular weight excluding hydrogens is 152 g/mol. The first-order valence-corrected chi connectivity index (χ1v) is 4.07. The van der Waals surface area contributed by atoms with Gasteiger partial charge < -0.3 is 4.90 Å².